The van der Waals surface area contributed by atoms with Gasteiger partial charge in [0.05, 0.1) is 6.20 Å². The van der Waals surface area contributed by atoms with Gasteiger partial charge in [-0.05, 0) is 24.9 Å². The second kappa shape index (κ2) is 6.21. The molecular weight excluding hydrogens is 210 g/mol. The molecule has 0 aliphatic rings. The summed E-state index contributed by atoms with van der Waals surface area (Å²) in [5.41, 5.74) is 2.66. The number of aryl methyl sites for hydroxylation is 2. The minimum absolute atomic E-state index is 0.905. The molecule has 0 saturated heterocycles. The van der Waals surface area contributed by atoms with Crippen LogP contribution in [-0.2, 0) is 20.0 Å². The Morgan fingerprint density at radius 2 is 2.00 bits per heavy atom. The third-order valence-corrected chi connectivity index (χ3v) is 2.75. The zero-order valence-electron chi connectivity index (χ0n) is 10.3. The highest BCUT2D eigenvalue weighted by atomic mass is 15.2. The first-order chi connectivity index (χ1) is 8.34. The van der Waals surface area contributed by atoms with Crippen molar-refractivity contribution in [1.82, 2.24) is 15.1 Å². The van der Waals surface area contributed by atoms with Crippen molar-refractivity contribution in [2.45, 2.75) is 19.4 Å². The minimum Gasteiger partial charge on any atom is -0.313 e. The van der Waals surface area contributed by atoms with Crippen LogP contribution in [0.4, 0.5) is 0 Å². The lowest BCUT2D eigenvalue weighted by Crippen LogP contribution is -2.14. The SMILES string of the molecule is Cn1cc(CNCCCc2ccccc2)cn1. The number of hydrogen-bond donors (Lipinski definition) is 1. The van der Waals surface area contributed by atoms with E-state index in [4.69, 9.17) is 0 Å². The van der Waals surface area contributed by atoms with Crippen LogP contribution in [0.1, 0.15) is 17.5 Å². The molecule has 1 heterocycles. The highest BCUT2D eigenvalue weighted by Gasteiger charge is 1.95. The van der Waals surface area contributed by atoms with Crippen LogP contribution < -0.4 is 5.32 Å². The first-order valence-electron chi connectivity index (χ1n) is 6.07. The van der Waals surface area contributed by atoms with Gasteiger partial charge in [0.15, 0.2) is 0 Å². The van der Waals surface area contributed by atoms with Gasteiger partial charge in [-0.25, -0.2) is 0 Å². The molecule has 2 aromatic rings. The molecule has 0 unspecified atom stereocenters. The van der Waals surface area contributed by atoms with E-state index >= 15 is 0 Å². The number of nitrogens with one attached hydrogen (secondary N) is 1. The molecule has 0 radical (unpaired) electrons. The summed E-state index contributed by atoms with van der Waals surface area (Å²) >= 11 is 0. The summed E-state index contributed by atoms with van der Waals surface area (Å²) in [4.78, 5) is 0. The number of rotatable bonds is 6. The van der Waals surface area contributed by atoms with E-state index in [1.54, 1.807) is 0 Å². The van der Waals surface area contributed by atoms with E-state index < -0.39 is 0 Å². The number of aromatic nitrogens is 2. The Kier molecular flexibility index (Phi) is 4.33. The van der Waals surface area contributed by atoms with Crippen molar-refractivity contribution in [3.63, 3.8) is 0 Å². The average Bonchev–Trinajstić information content (AvgIpc) is 2.76. The number of hydrogen-bond acceptors (Lipinski definition) is 2. The molecule has 0 saturated carbocycles. The fraction of sp³-hybridized carbons (Fsp3) is 0.357. The minimum atomic E-state index is 0.905. The Balaban J connectivity index is 1.61. The van der Waals surface area contributed by atoms with Gasteiger partial charge in [-0.15, -0.1) is 0 Å². The van der Waals surface area contributed by atoms with Crippen LogP contribution in [0.15, 0.2) is 42.7 Å². The summed E-state index contributed by atoms with van der Waals surface area (Å²) in [5.74, 6) is 0. The maximum Gasteiger partial charge on any atom is 0.0534 e. The molecule has 0 aliphatic heterocycles. The summed E-state index contributed by atoms with van der Waals surface area (Å²) in [6.07, 6.45) is 6.26. The van der Waals surface area contributed by atoms with Gasteiger partial charge >= 0.3 is 0 Å². The van der Waals surface area contributed by atoms with Crippen LogP contribution in [-0.4, -0.2) is 16.3 Å². The molecule has 0 fully saturated rings. The molecule has 2 rings (SSSR count). The zero-order chi connectivity index (χ0) is 11.9. The fourth-order valence-electron chi connectivity index (χ4n) is 1.86. The van der Waals surface area contributed by atoms with Crippen molar-refractivity contribution in [1.29, 1.82) is 0 Å². The van der Waals surface area contributed by atoms with Crippen LogP contribution >= 0.6 is 0 Å². The monoisotopic (exact) mass is 229 g/mol. The molecule has 0 amide bonds. The highest BCUT2D eigenvalue weighted by molar-refractivity contribution is 5.14. The van der Waals surface area contributed by atoms with Gasteiger partial charge in [0.1, 0.15) is 0 Å². The summed E-state index contributed by atoms with van der Waals surface area (Å²) in [7, 11) is 1.94. The quantitative estimate of drug-likeness (QED) is 0.769. The maximum atomic E-state index is 4.14. The predicted octanol–water partition coefficient (Wildman–Crippen LogP) is 2.14. The second-order valence-corrected chi connectivity index (χ2v) is 4.29. The van der Waals surface area contributed by atoms with Gasteiger partial charge in [0.25, 0.3) is 0 Å². The van der Waals surface area contributed by atoms with Crippen molar-refractivity contribution in [3.05, 3.63) is 53.9 Å². The van der Waals surface area contributed by atoms with Crippen LogP contribution in [0.25, 0.3) is 0 Å². The summed E-state index contributed by atoms with van der Waals surface area (Å²) in [6.45, 7) is 1.95. The molecule has 0 bridgehead atoms. The molecule has 1 aromatic heterocycles. The van der Waals surface area contributed by atoms with Gasteiger partial charge in [-0.1, -0.05) is 30.3 Å². The van der Waals surface area contributed by atoms with E-state index in [-0.39, 0.29) is 0 Å². The van der Waals surface area contributed by atoms with Gasteiger partial charge < -0.3 is 5.32 Å². The predicted molar refractivity (Wildman–Crippen MR) is 69.7 cm³/mol. The van der Waals surface area contributed by atoms with Crippen LogP contribution in [0, 0.1) is 0 Å². The average molecular weight is 229 g/mol. The fourth-order valence-corrected chi connectivity index (χ4v) is 1.86. The van der Waals surface area contributed by atoms with Crippen molar-refractivity contribution in [2.75, 3.05) is 6.54 Å². The van der Waals surface area contributed by atoms with E-state index in [9.17, 15) is 0 Å². The summed E-state index contributed by atoms with van der Waals surface area (Å²) in [5, 5.41) is 7.57. The molecule has 0 spiro atoms. The molecule has 1 aromatic carbocycles. The lowest BCUT2D eigenvalue weighted by molar-refractivity contribution is 0.649. The van der Waals surface area contributed by atoms with Gasteiger partial charge in [-0.3, -0.25) is 4.68 Å². The first-order valence-corrected chi connectivity index (χ1v) is 6.07. The standard InChI is InChI=1S/C14H19N3/c1-17-12-14(11-16-17)10-15-9-5-8-13-6-3-2-4-7-13/h2-4,6-7,11-12,15H,5,8-10H2,1H3. The van der Waals surface area contributed by atoms with Gasteiger partial charge in [-0.2, -0.15) is 5.10 Å². The molecular formula is C14H19N3. The van der Waals surface area contributed by atoms with E-state index in [1.807, 2.05) is 24.1 Å². The molecule has 3 nitrogen and oxygen atoms in total. The molecule has 3 heteroatoms. The molecule has 17 heavy (non-hydrogen) atoms. The van der Waals surface area contributed by atoms with Crippen molar-refractivity contribution in [2.24, 2.45) is 7.05 Å². The Bertz CT molecular complexity index is 434. The molecule has 0 aliphatic carbocycles. The lowest BCUT2D eigenvalue weighted by Gasteiger charge is -2.03. The largest absolute Gasteiger partial charge is 0.313 e. The summed E-state index contributed by atoms with van der Waals surface area (Å²) < 4.78 is 1.83. The summed E-state index contributed by atoms with van der Waals surface area (Å²) in [6, 6.07) is 10.6. The van der Waals surface area contributed by atoms with Crippen molar-refractivity contribution in [3.8, 4) is 0 Å². The number of nitrogens with zero attached hydrogens (tertiary/aromatic N) is 2. The third-order valence-electron chi connectivity index (χ3n) is 2.75. The Morgan fingerprint density at radius 1 is 1.18 bits per heavy atom. The Labute approximate surface area is 102 Å². The highest BCUT2D eigenvalue weighted by Crippen LogP contribution is 2.01. The van der Waals surface area contributed by atoms with Crippen molar-refractivity contribution < 1.29 is 0 Å². The third kappa shape index (κ3) is 4.04. The topological polar surface area (TPSA) is 29.9 Å². The van der Waals surface area contributed by atoms with Gasteiger partial charge in [0.2, 0.25) is 0 Å². The molecule has 90 valence electrons. The van der Waals surface area contributed by atoms with Crippen LogP contribution in [0.3, 0.4) is 0 Å². The lowest BCUT2D eigenvalue weighted by atomic mass is 10.1. The van der Waals surface area contributed by atoms with Crippen LogP contribution in [0.5, 0.6) is 0 Å². The normalized spacial score (nSPS) is 10.6. The molecule has 1 N–H and O–H groups in total. The van der Waals surface area contributed by atoms with Crippen molar-refractivity contribution >= 4 is 0 Å². The Hall–Kier alpha value is -1.61. The van der Waals surface area contributed by atoms with E-state index in [1.165, 1.54) is 17.5 Å². The Morgan fingerprint density at radius 3 is 2.71 bits per heavy atom. The maximum absolute atomic E-state index is 4.14. The van der Waals surface area contributed by atoms with Gasteiger partial charge in [0, 0.05) is 25.4 Å². The second-order valence-electron chi connectivity index (χ2n) is 4.29. The van der Waals surface area contributed by atoms with E-state index in [0.29, 0.717) is 0 Å². The first kappa shape index (κ1) is 11.9. The number of benzene rings is 1. The van der Waals surface area contributed by atoms with Crippen LogP contribution in [0.2, 0.25) is 0 Å². The smallest absolute Gasteiger partial charge is 0.0534 e. The molecule has 0 atom stereocenters. The zero-order valence-corrected chi connectivity index (χ0v) is 10.3. The van der Waals surface area contributed by atoms with E-state index in [2.05, 4.69) is 40.7 Å². The van der Waals surface area contributed by atoms with E-state index in [0.717, 1.165) is 19.5 Å².